The van der Waals surface area contributed by atoms with Crippen LogP contribution in [-0.2, 0) is 85.6 Å². The quantitative estimate of drug-likeness (QED) is 0.0671. The Morgan fingerprint density at radius 1 is 0.208 bits per heavy atom. The Hall–Kier alpha value is -15.4. The SMILES string of the molecule is C.C.CC(=O)OCOC(C)=O.CC(C)(C)C.COC(C)=O.COC(C)=O.COC(C)=O.COC(C)=O.O=C1OC(=O)c2ccccc21.O=C1OC(=O)c2ccccc21.O=C1OC(=O)c2ccccc21.O=C1OC(=O)c2ccccc21.O=C1OC(=O)c2ccccc21.O=C1OC(=O)c2ccccc21.c1ccccc1.c1ccccc1.c1ccccc1. The molecule has 0 fully saturated rings. The highest BCUT2D eigenvalue weighted by Gasteiger charge is 2.33. The van der Waals surface area contributed by atoms with Crippen molar-refractivity contribution in [3.8, 4) is 0 Å². The summed E-state index contributed by atoms with van der Waals surface area (Å²) in [5, 5.41) is 0. The van der Waals surface area contributed by atoms with E-state index in [9.17, 15) is 86.3 Å². The van der Waals surface area contributed by atoms with Gasteiger partial charge in [-0.05, 0) is 78.2 Å². The number of hydrogen-bond donors (Lipinski definition) is 0. The third-order valence-corrected chi connectivity index (χ3v) is 13.0. The van der Waals surface area contributed by atoms with E-state index in [1.54, 1.807) is 146 Å². The summed E-state index contributed by atoms with van der Waals surface area (Å²) in [6.07, 6.45) is 0. The summed E-state index contributed by atoms with van der Waals surface area (Å²) in [4.78, 5) is 188. The summed E-state index contributed by atoms with van der Waals surface area (Å²) in [6.45, 7) is 16.4. The zero-order valence-electron chi connectivity index (χ0n) is 66.7. The Kier molecular flexibility index (Phi) is 52.8. The number of carbonyl (C=O) groups is 18. The van der Waals surface area contributed by atoms with E-state index in [-0.39, 0.29) is 45.5 Å². The first-order chi connectivity index (χ1) is 55.9. The van der Waals surface area contributed by atoms with E-state index in [2.05, 4.69) is 84.5 Å². The second-order valence-corrected chi connectivity index (χ2v) is 24.0. The fourth-order valence-electron chi connectivity index (χ4n) is 7.55. The van der Waals surface area contributed by atoms with Crippen LogP contribution in [0.4, 0.5) is 0 Å². The molecular formula is C90H94O30. The smallest absolute Gasteiger partial charge is 0.346 e. The Labute approximate surface area is 693 Å². The summed E-state index contributed by atoms with van der Waals surface area (Å²) in [6, 6.07) is 75.2. The fraction of sp³-hybridized carbons (Fsp3) is 0.200. The lowest BCUT2D eigenvalue weighted by atomic mass is 10.0. The Balaban J connectivity index is 0. The van der Waals surface area contributed by atoms with Crippen molar-refractivity contribution in [2.75, 3.05) is 35.2 Å². The molecule has 0 unspecified atom stereocenters. The van der Waals surface area contributed by atoms with Crippen molar-refractivity contribution >= 4 is 107 Å². The Bertz CT molecular complexity index is 3900. The molecule has 0 bridgehead atoms. The van der Waals surface area contributed by atoms with Crippen molar-refractivity contribution in [3.63, 3.8) is 0 Å². The largest absolute Gasteiger partial charge is 0.469 e. The summed E-state index contributed by atoms with van der Waals surface area (Å²) in [7, 11) is 5.40. The minimum absolute atomic E-state index is 0. The van der Waals surface area contributed by atoms with Crippen molar-refractivity contribution < 1.29 is 143 Å². The molecule has 6 heterocycles. The van der Waals surface area contributed by atoms with Crippen LogP contribution in [0.15, 0.2) is 255 Å². The highest BCUT2D eigenvalue weighted by Crippen LogP contribution is 2.23. The number of hydrogen-bond acceptors (Lipinski definition) is 30. The van der Waals surface area contributed by atoms with Crippen LogP contribution < -0.4 is 0 Å². The van der Waals surface area contributed by atoms with Crippen LogP contribution >= 0.6 is 0 Å². The van der Waals surface area contributed by atoms with Gasteiger partial charge in [0.05, 0.1) is 95.2 Å². The average molecular weight is 1660 g/mol. The molecule has 30 heteroatoms. The number of ether oxygens (including phenoxy) is 12. The molecule has 0 amide bonds. The van der Waals surface area contributed by atoms with Gasteiger partial charge in [-0.2, -0.15) is 0 Å². The van der Waals surface area contributed by atoms with Crippen molar-refractivity contribution in [2.45, 2.75) is 84.1 Å². The van der Waals surface area contributed by atoms with Crippen molar-refractivity contribution in [1.29, 1.82) is 0 Å². The van der Waals surface area contributed by atoms with Crippen molar-refractivity contribution in [3.05, 3.63) is 322 Å². The molecule has 0 atom stereocenters. The second-order valence-electron chi connectivity index (χ2n) is 24.0. The number of cyclic esters (lactones) is 12. The van der Waals surface area contributed by atoms with Gasteiger partial charge < -0.3 is 56.8 Å². The van der Waals surface area contributed by atoms with E-state index >= 15 is 0 Å². The first-order valence-corrected chi connectivity index (χ1v) is 34.5. The van der Waals surface area contributed by atoms with Crippen molar-refractivity contribution in [2.24, 2.45) is 5.41 Å². The zero-order chi connectivity index (χ0) is 88.7. The number of esters is 18. The summed E-state index contributed by atoms with van der Waals surface area (Å²) < 4.78 is 51.1. The highest BCUT2D eigenvalue weighted by atomic mass is 16.7. The molecule has 120 heavy (non-hydrogen) atoms. The maximum absolute atomic E-state index is 10.8. The third kappa shape index (κ3) is 44.3. The second kappa shape index (κ2) is 59.3. The van der Waals surface area contributed by atoms with Gasteiger partial charge in [-0.15, -0.1) is 0 Å². The summed E-state index contributed by atoms with van der Waals surface area (Å²) in [5.41, 5.74) is 4.81. The van der Waals surface area contributed by atoms with Gasteiger partial charge in [0, 0.05) is 41.5 Å². The standard InChI is InChI=1S/6C8H4O3.3C6H6.C5H8O4.C5H12.4C3H6O2.2CH4/c6*9-7-5-3-1-2-4-6(5)8(10)11-7;3*1-2-4-6-5-3-1;1-4(6)8-3-9-5(2)7;1-5(2,3)4;4*1-3(4)5-2;;/h6*1-4H;3*1-6H;3H2,1-2H3;1-4H3;4*1-2H3;2*1H4. The zero-order valence-corrected chi connectivity index (χ0v) is 66.7. The number of rotatable bonds is 2. The van der Waals surface area contributed by atoms with Gasteiger partial charge in [0.1, 0.15) is 0 Å². The lowest BCUT2D eigenvalue weighted by Crippen LogP contribution is -2.07. The van der Waals surface area contributed by atoms with Crippen molar-refractivity contribution in [1.82, 2.24) is 0 Å². The predicted molar refractivity (Wildman–Crippen MR) is 434 cm³/mol. The first kappa shape index (κ1) is 107. The molecule has 0 aliphatic carbocycles. The molecule has 0 N–H and O–H groups in total. The first-order valence-electron chi connectivity index (χ1n) is 34.5. The molecule has 6 aliphatic rings. The molecule has 9 aromatic rings. The molecule has 0 saturated heterocycles. The number of carbonyl (C=O) groups excluding carboxylic acids is 18. The van der Waals surface area contributed by atoms with Gasteiger partial charge in [-0.3, -0.25) is 28.8 Å². The summed E-state index contributed by atoms with van der Waals surface area (Å²) >= 11 is 0. The number of fused-ring (bicyclic) bond motifs is 6. The van der Waals surface area contributed by atoms with E-state index in [1.807, 2.05) is 109 Å². The minimum Gasteiger partial charge on any atom is -0.469 e. The van der Waals surface area contributed by atoms with E-state index in [1.165, 1.54) is 70.0 Å². The molecule has 0 aromatic heterocycles. The van der Waals surface area contributed by atoms with Crippen LogP contribution in [0, 0.1) is 5.41 Å². The number of benzene rings is 9. The third-order valence-electron chi connectivity index (χ3n) is 13.0. The molecular weight excluding hydrogens is 1560 g/mol. The van der Waals surface area contributed by atoms with Gasteiger partial charge in [0.15, 0.2) is 0 Å². The van der Waals surface area contributed by atoms with Gasteiger partial charge in [0.2, 0.25) is 6.79 Å². The number of methoxy groups -OCH3 is 4. The molecule has 6 aliphatic heterocycles. The molecule has 0 radical (unpaired) electrons. The van der Waals surface area contributed by atoms with E-state index in [4.69, 9.17) is 0 Å². The Morgan fingerprint density at radius 2 is 0.292 bits per heavy atom. The molecule has 30 nitrogen and oxygen atoms in total. The average Bonchev–Trinajstić information content (AvgIpc) is 1.72. The van der Waals surface area contributed by atoms with Crippen LogP contribution in [0.25, 0.3) is 0 Å². The van der Waals surface area contributed by atoms with Gasteiger partial charge in [-0.25, -0.2) is 57.5 Å². The van der Waals surface area contributed by atoms with Gasteiger partial charge >= 0.3 is 107 Å². The molecule has 634 valence electrons. The normalized spacial score (nSPS) is 11.4. The maximum Gasteiger partial charge on any atom is 0.346 e. The predicted octanol–water partition coefficient (Wildman–Crippen LogP) is 15.2. The monoisotopic (exact) mass is 1650 g/mol. The van der Waals surface area contributed by atoms with E-state index in [0.29, 0.717) is 72.2 Å². The molecule has 9 aromatic carbocycles. The van der Waals surface area contributed by atoms with Gasteiger partial charge in [-0.1, -0.05) is 225 Å². The van der Waals surface area contributed by atoms with Crippen LogP contribution in [0.2, 0.25) is 0 Å². The highest BCUT2D eigenvalue weighted by molar-refractivity contribution is 6.18. The molecule has 0 spiro atoms. The summed E-state index contributed by atoms with van der Waals surface area (Å²) in [5.74, 6) is -8.51. The van der Waals surface area contributed by atoms with Crippen LogP contribution in [0.3, 0.4) is 0 Å². The van der Waals surface area contributed by atoms with E-state index in [0.717, 1.165) is 0 Å². The topological polar surface area (TPSA) is 418 Å². The maximum atomic E-state index is 10.8. The van der Waals surface area contributed by atoms with Gasteiger partial charge in [0.25, 0.3) is 0 Å². The van der Waals surface area contributed by atoms with E-state index < -0.39 is 83.6 Å². The van der Waals surface area contributed by atoms with Crippen LogP contribution in [0.1, 0.15) is 208 Å². The molecule has 0 saturated carbocycles. The van der Waals surface area contributed by atoms with Crippen LogP contribution in [0.5, 0.6) is 0 Å². The Morgan fingerprint density at radius 3 is 0.358 bits per heavy atom. The lowest BCUT2D eigenvalue weighted by Gasteiger charge is -2.05. The lowest BCUT2D eigenvalue weighted by molar-refractivity contribution is -0.164. The van der Waals surface area contributed by atoms with Crippen LogP contribution in [-0.4, -0.2) is 143 Å². The fourth-order valence-corrected chi connectivity index (χ4v) is 7.55. The minimum atomic E-state index is -0.550. The molecule has 15 rings (SSSR count).